The third-order valence-corrected chi connectivity index (χ3v) is 16.1. The van der Waals surface area contributed by atoms with Gasteiger partial charge in [-0.3, -0.25) is 9.59 Å². The highest BCUT2D eigenvalue weighted by atomic mass is 32.2. The lowest BCUT2D eigenvalue weighted by atomic mass is 9.32. The number of nitrogens with two attached hydrogens (primary N) is 1. The number of ether oxygens (including phenoxy) is 1. The van der Waals surface area contributed by atoms with Gasteiger partial charge in [-0.2, -0.15) is 5.14 Å². The van der Waals surface area contributed by atoms with Gasteiger partial charge in [0, 0.05) is 16.8 Å². The molecule has 11 atom stereocenters. The van der Waals surface area contributed by atoms with Crippen molar-refractivity contribution < 1.29 is 24.0 Å². The van der Waals surface area contributed by atoms with Crippen molar-refractivity contribution in [2.45, 2.75) is 145 Å². The second kappa shape index (κ2) is 11.8. The van der Waals surface area contributed by atoms with Gasteiger partial charge >= 0.3 is 11.9 Å². The fourth-order valence-electron chi connectivity index (χ4n) is 13.3. The summed E-state index contributed by atoms with van der Waals surface area (Å²) in [7, 11) is 0. The summed E-state index contributed by atoms with van der Waals surface area (Å²) in [4.78, 5) is 24.5. The first-order chi connectivity index (χ1) is 20.7. The van der Waals surface area contributed by atoms with E-state index in [0.717, 1.165) is 25.7 Å². The molecule has 0 heterocycles. The maximum atomic E-state index is 13.1. The molecule has 6 nitrogen and oxygen atoms in total. The fourth-order valence-corrected chi connectivity index (χ4v) is 13.9. The predicted octanol–water partition coefficient (Wildman–Crippen LogP) is 8.46. The van der Waals surface area contributed by atoms with E-state index >= 15 is 0 Å². The molecule has 0 bridgehead atoms. The molecule has 0 aliphatic heterocycles. The summed E-state index contributed by atoms with van der Waals surface area (Å²) in [5.74, 6) is 2.39. The highest BCUT2D eigenvalue weighted by Gasteiger charge is 2.71. The lowest BCUT2D eigenvalue weighted by Crippen LogP contribution is -2.66. The summed E-state index contributed by atoms with van der Waals surface area (Å²) in [6.45, 7) is 23.0. The molecule has 1 unspecified atom stereocenters. The van der Waals surface area contributed by atoms with Crippen molar-refractivity contribution in [1.29, 1.82) is 0 Å². The Kier molecular flexibility index (Phi) is 9.27. The number of rotatable bonds is 9. The normalized spacial score (nSPS) is 44.5. The molecule has 0 spiro atoms. The number of hydrogen-bond acceptors (Lipinski definition) is 5. The average Bonchev–Trinajstić information content (AvgIpc) is 3.29. The highest BCUT2D eigenvalue weighted by Crippen LogP contribution is 2.78. The number of carboxylic acids is 1. The molecule has 0 radical (unpaired) electrons. The first-order valence-corrected chi connectivity index (χ1v) is 19.3. The molecule has 5 saturated carbocycles. The van der Waals surface area contributed by atoms with Gasteiger partial charge in [-0.1, -0.05) is 60.6 Å². The zero-order valence-corrected chi connectivity index (χ0v) is 30.5. The van der Waals surface area contributed by atoms with Crippen LogP contribution in [0.3, 0.4) is 0 Å². The van der Waals surface area contributed by atoms with E-state index in [0.29, 0.717) is 35.3 Å². The van der Waals surface area contributed by atoms with Crippen molar-refractivity contribution in [3.63, 3.8) is 0 Å². The molecule has 5 rings (SSSR count). The van der Waals surface area contributed by atoms with Crippen LogP contribution in [0.2, 0.25) is 0 Å². The highest BCUT2D eigenvalue weighted by molar-refractivity contribution is 7.89. The van der Waals surface area contributed by atoms with E-state index in [4.69, 9.17) is 9.88 Å². The molecular weight excluding hydrogens is 582 g/mol. The minimum atomic E-state index is -1.25. The van der Waals surface area contributed by atoms with Crippen molar-refractivity contribution in [3.8, 4) is 0 Å². The first kappa shape index (κ1) is 35.3. The minimum absolute atomic E-state index is 0.0432. The Hall–Kier alpha value is -1.05. The van der Waals surface area contributed by atoms with Gasteiger partial charge in [0.25, 0.3) is 0 Å². The molecule has 0 aromatic heterocycles. The number of hydrogen-bond donors (Lipinski definition) is 2. The summed E-state index contributed by atoms with van der Waals surface area (Å²) in [6.07, 6.45) is 12.7. The zero-order valence-electron chi connectivity index (χ0n) is 29.6. The number of allylic oxidation sites excluding steroid dienone is 1. The Morgan fingerprint density at radius 1 is 0.933 bits per heavy atom. The van der Waals surface area contributed by atoms with E-state index in [9.17, 15) is 19.2 Å². The van der Waals surface area contributed by atoms with Gasteiger partial charge in [0.2, 0.25) is 0 Å². The fraction of sp³-hybridized carbons (Fsp3) is 0.895. The van der Waals surface area contributed by atoms with E-state index < -0.39 is 22.7 Å². The second-order valence-electron chi connectivity index (χ2n) is 18.6. The SMILES string of the molecule is C=C(C)[C@@H]1CC[C@]2(CC[S+](N)[O-])CC[C@]3(C)[C@H](CC[C@@H]4[C@@]5(C)CC[C@H](OC(=O)CC(C)(C)CC(=O)O)C(C)(C)[C@@H]5CC[C@]43C)[C@@H]12. The van der Waals surface area contributed by atoms with E-state index in [1.807, 2.05) is 13.8 Å². The van der Waals surface area contributed by atoms with E-state index in [1.54, 1.807) is 0 Å². The maximum absolute atomic E-state index is 13.1. The van der Waals surface area contributed by atoms with Gasteiger partial charge < -0.3 is 14.4 Å². The average molecular weight is 646 g/mol. The molecule has 0 aromatic carbocycles. The van der Waals surface area contributed by atoms with Crippen molar-refractivity contribution in [2.75, 3.05) is 5.75 Å². The van der Waals surface area contributed by atoms with Gasteiger partial charge in [0.05, 0.1) is 12.8 Å². The Labute approximate surface area is 276 Å². The van der Waals surface area contributed by atoms with Gasteiger partial charge in [-0.25, -0.2) is 0 Å². The van der Waals surface area contributed by atoms with E-state index in [2.05, 4.69) is 48.1 Å². The van der Waals surface area contributed by atoms with Crippen LogP contribution in [0.1, 0.15) is 139 Å². The summed E-state index contributed by atoms with van der Waals surface area (Å²) < 4.78 is 18.3. The lowest BCUT2D eigenvalue weighted by molar-refractivity contribution is -0.250. The molecule has 0 aromatic rings. The van der Waals surface area contributed by atoms with Gasteiger partial charge in [0.15, 0.2) is 0 Å². The molecule has 5 aliphatic carbocycles. The number of carboxylic acid groups (broad SMARTS) is 1. The Morgan fingerprint density at radius 2 is 1.62 bits per heavy atom. The second-order valence-corrected chi connectivity index (χ2v) is 19.8. The van der Waals surface area contributed by atoms with Crippen LogP contribution in [0.4, 0.5) is 0 Å². The van der Waals surface area contributed by atoms with Crippen LogP contribution in [0, 0.1) is 62.1 Å². The summed E-state index contributed by atoms with van der Waals surface area (Å²) >= 11 is -1.25. The van der Waals surface area contributed by atoms with Crippen LogP contribution < -0.4 is 5.14 Å². The molecule has 0 amide bonds. The summed E-state index contributed by atoms with van der Waals surface area (Å²) in [6, 6.07) is 0. The Morgan fingerprint density at radius 3 is 2.24 bits per heavy atom. The molecule has 256 valence electrons. The molecule has 0 saturated heterocycles. The van der Waals surface area contributed by atoms with Crippen molar-refractivity contribution >= 4 is 23.3 Å². The Bertz CT molecular complexity index is 1180. The van der Waals surface area contributed by atoms with Crippen LogP contribution in [-0.4, -0.2) is 33.5 Å². The number of carbonyl (C=O) groups excluding carboxylic acids is 1. The van der Waals surface area contributed by atoms with Gasteiger partial charge in [0.1, 0.15) is 11.9 Å². The number of esters is 1. The van der Waals surface area contributed by atoms with E-state index in [-0.39, 0.29) is 52.0 Å². The summed E-state index contributed by atoms with van der Waals surface area (Å²) in [5.41, 5.74) is 1.49. The largest absolute Gasteiger partial charge is 0.598 e. The lowest BCUT2D eigenvalue weighted by Gasteiger charge is -2.73. The molecule has 45 heavy (non-hydrogen) atoms. The Balaban J connectivity index is 1.39. The molecule has 5 fully saturated rings. The minimum Gasteiger partial charge on any atom is -0.598 e. The van der Waals surface area contributed by atoms with Gasteiger partial charge in [-0.15, -0.1) is 0 Å². The van der Waals surface area contributed by atoms with Crippen molar-refractivity contribution in [3.05, 3.63) is 12.2 Å². The van der Waals surface area contributed by atoms with Gasteiger partial charge in [-0.05, 0) is 134 Å². The van der Waals surface area contributed by atoms with Crippen LogP contribution in [-0.2, 0) is 25.7 Å². The topological polar surface area (TPSA) is 113 Å². The van der Waals surface area contributed by atoms with Crippen LogP contribution in [0.15, 0.2) is 12.2 Å². The smallest absolute Gasteiger partial charge is 0.306 e. The quantitative estimate of drug-likeness (QED) is 0.148. The number of fused-ring (bicyclic) bond motifs is 7. The third kappa shape index (κ3) is 5.75. The monoisotopic (exact) mass is 645 g/mol. The third-order valence-electron chi connectivity index (χ3n) is 15.5. The number of aliphatic carboxylic acids is 1. The van der Waals surface area contributed by atoms with Crippen LogP contribution in [0.5, 0.6) is 0 Å². The molecule has 7 heteroatoms. The first-order valence-electron chi connectivity index (χ1n) is 17.9. The van der Waals surface area contributed by atoms with Crippen LogP contribution in [0.25, 0.3) is 0 Å². The molecule has 5 aliphatic rings. The zero-order chi connectivity index (χ0) is 33.4. The molecule has 3 N–H and O–H groups in total. The maximum Gasteiger partial charge on any atom is 0.306 e. The predicted molar refractivity (Wildman–Crippen MR) is 181 cm³/mol. The van der Waals surface area contributed by atoms with Crippen molar-refractivity contribution in [2.24, 2.45) is 67.2 Å². The van der Waals surface area contributed by atoms with Crippen molar-refractivity contribution in [1.82, 2.24) is 0 Å². The molecular formula is C38H63NO5S. The summed E-state index contributed by atoms with van der Waals surface area (Å²) in [5, 5.41) is 15.1. The van der Waals surface area contributed by atoms with E-state index in [1.165, 1.54) is 50.5 Å². The number of carbonyl (C=O) groups is 2. The standard InChI is InChI=1S/C38H63NO5S/c1-24(2)25-12-17-38(20-21-45(39)43)19-18-36(8)26(32(25)38)10-11-28-35(7)15-14-29(34(5,6)27(35)13-16-37(28,36)9)44-31(42)23-33(3,4)22-30(40)41/h25-29,32H,1,10-23,39H2,2-9H3,(H,40,41)/t25-,26+,27-,28+,29-,32+,35-,36+,37+,38+,45?/m0/s1. The van der Waals surface area contributed by atoms with Crippen LogP contribution >= 0.6 is 0 Å².